The minimum Gasteiger partial charge on any atom is -0.393 e. The Morgan fingerprint density at radius 3 is 2.50 bits per heavy atom. The van der Waals surface area contributed by atoms with Crippen molar-refractivity contribution in [1.29, 1.82) is 0 Å². The van der Waals surface area contributed by atoms with E-state index in [0.717, 1.165) is 13.0 Å². The van der Waals surface area contributed by atoms with E-state index in [4.69, 9.17) is 0 Å². The summed E-state index contributed by atoms with van der Waals surface area (Å²) in [6.45, 7) is 1.12. The molecule has 2 heterocycles. The molecule has 3 fully saturated rings. The molecule has 2 nitrogen and oxygen atoms in total. The van der Waals surface area contributed by atoms with E-state index in [1.54, 1.807) is 0 Å². The highest BCUT2D eigenvalue weighted by molar-refractivity contribution is 4.91. The molecule has 0 spiro atoms. The minimum atomic E-state index is 0.00921. The maximum Gasteiger partial charge on any atom is 0.0595 e. The van der Waals surface area contributed by atoms with Gasteiger partial charge in [0.1, 0.15) is 0 Å². The molecule has 10 heavy (non-hydrogen) atoms. The maximum atomic E-state index is 9.49. The fourth-order valence-corrected chi connectivity index (χ4v) is 2.32. The minimum absolute atomic E-state index is 0.00921. The molecule has 2 saturated heterocycles. The van der Waals surface area contributed by atoms with E-state index < -0.39 is 0 Å². The van der Waals surface area contributed by atoms with Crippen LogP contribution in [0.15, 0.2) is 0 Å². The van der Waals surface area contributed by atoms with E-state index in [9.17, 15) is 5.11 Å². The first-order chi connectivity index (χ1) is 4.77. The van der Waals surface area contributed by atoms with E-state index in [1.165, 1.54) is 12.8 Å². The molecule has 3 rings (SSSR count). The summed E-state index contributed by atoms with van der Waals surface area (Å²) >= 11 is 0. The second kappa shape index (κ2) is 2.21. The lowest BCUT2D eigenvalue weighted by atomic mass is 9.78. The van der Waals surface area contributed by atoms with Gasteiger partial charge in [0.05, 0.1) is 6.10 Å². The molecule has 58 valence electrons. The van der Waals surface area contributed by atoms with Crippen LogP contribution in [0.2, 0.25) is 0 Å². The Kier molecular flexibility index (Phi) is 1.46. The van der Waals surface area contributed by atoms with Crippen LogP contribution in [0.1, 0.15) is 19.3 Å². The Morgan fingerprint density at radius 1 is 1.40 bits per heavy atom. The third-order valence-electron chi connectivity index (χ3n) is 3.07. The van der Waals surface area contributed by atoms with Crippen molar-refractivity contribution in [3.63, 3.8) is 0 Å². The Labute approximate surface area is 61.8 Å². The Balaban J connectivity index is 2.09. The number of piperidine rings is 2. The van der Waals surface area contributed by atoms with E-state index in [1.807, 2.05) is 0 Å². The highest BCUT2D eigenvalue weighted by Crippen LogP contribution is 2.33. The summed E-state index contributed by atoms with van der Waals surface area (Å²) in [5, 5.41) is 9.49. The molecular weight excluding hydrogens is 126 g/mol. The van der Waals surface area contributed by atoms with E-state index in [0.29, 0.717) is 12.0 Å². The molecular formula is C8H15NO. The Hall–Kier alpha value is -0.0800. The average molecular weight is 141 g/mol. The lowest BCUT2D eigenvalue weighted by Crippen LogP contribution is -2.52. The van der Waals surface area contributed by atoms with Gasteiger partial charge in [-0.05, 0) is 32.2 Å². The zero-order valence-electron chi connectivity index (χ0n) is 6.45. The Morgan fingerprint density at radius 2 is 2.20 bits per heavy atom. The first-order valence-electron chi connectivity index (χ1n) is 4.15. The van der Waals surface area contributed by atoms with Gasteiger partial charge >= 0.3 is 0 Å². The van der Waals surface area contributed by atoms with Gasteiger partial charge in [0.25, 0.3) is 0 Å². The molecule has 0 aromatic heterocycles. The molecule has 0 unspecified atom stereocenters. The second-order valence-electron chi connectivity index (χ2n) is 3.73. The summed E-state index contributed by atoms with van der Waals surface area (Å²) in [6, 6.07) is 0.681. The van der Waals surface area contributed by atoms with E-state index >= 15 is 0 Å². The van der Waals surface area contributed by atoms with E-state index in [-0.39, 0.29) is 6.10 Å². The maximum absolute atomic E-state index is 9.49. The fourth-order valence-electron chi connectivity index (χ4n) is 2.32. The van der Waals surface area contributed by atoms with Gasteiger partial charge in [0.2, 0.25) is 0 Å². The molecule has 3 aliphatic rings. The third-order valence-corrected chi connectivity index (χ3v) is 3.07. The zero-order chi connectivity index (χ0) is 7.14. The lowest BCUT2D eigenvalue weighted by molar-refractivity contribution is -0.0379. The molecule has 0 aromatic rings. The van der Waals surface area contributed by atoms with E-state index in [2.05, 4.69) is 11.9 Å². The molecule has 3 atom stereocenters. The summed E-state index contributed by atoms with van der Waals surface area (Å²) in [4.78, 5) is 2.39. The van der Waals surface area contributed by atoms with Crippen molar-refractivity contribution in [2.45, 2.75) is 31.4 Å². The van der Waals surface area contributed by atoms with Crippen LogP contribution in [-0.4, -0.2) is 35.7 Å². The summed E-state index contributed by atoms with van der Waals surface area (Å²) in [6.07, 6.45) is 3.57. The van der Waals surface area contributed by atoms with Crippen LogP contribution in [0, 0.1) is 5.92 Å². The monoisotopic (exact) mass is 141 g/mol. The molecule has 2 aliphatic heterocycles. The summed E-state index contributed by atoms with van der Waals surface area (Å²) in [7, 11) is 2.17. The van der Waals surface area contributed by atoms with Crippen LogP contribution in [-0.2, 0) is 0 Å². The predicted octanol–water partition coefficient (Wildman–Crippen LogP) is 0.461. The zero-order valence-corrected chi connectivity index (χ0v) is 6.45. The first-order valence-corrected chi connectivity index (χ1v) is 4.15. The molecule has 0 aromatic carbocycles. The Bertz CT molecular complexity index is 121. The van der Waals surface area contributed by atoms with Crippen molar-refractivity contribution >= 4 is 0 Å². The van der Waals surface area contributed by atoms with Crippen LogP contribution in [0.4, 0.5) is 0 Å². The van der Waals surface area contributed by atoms with Crippen LogP contribution in [0.25, 0.3) is 0 Å². The molecule has 1 saturated carbocycles. The molecule has 2 bridgehead atoms. The van der Waals surface area contributed by atoms with Crippen molar-refractivity contribution in [2.24, 2.45) is 5.92 Å². The normalized spacial score (nSPS) is 48.0. The largest absolute Gasteiger partial charge is 0.393 e. The van der Waals surface area contributed by atoms with Crippen molar-refractivity contribution < 1.29 is 5.11 Å². The molecule has 0 radical (unpaired) electrons. The summed E-state index contributed by atoms with van der Waals surface area (Å²) < 4.78 is 0. The standard InChI is InChI=1S/C8H15NO/c1-9-5-6-2-3-7(9)4-8(6)10/h6-8,10H,2-5H2,1H3/t6-,7+,8-/m0/s1. The molecule has 1 aliphatic carbocycles. The fraction of sp³-hybridized carbons (Fsp3) is 1.00. The number of fused-ring (bicyclic) bond motifs is 3. The summed E-state index contributed by atoms with van der Waals surface area (Å²) in [5.41, 5.74) is 0. The van der Waals surface area contributed by atoms with Gasteiger partial charge in [0.15, 0.2) is 0 Å². The third kappa shape index (κ3) is 0.867. The van der Waals surface area contributed by atoms with Gasteiger partial charge in [-0.1, -0.05) is 0 Å². The van der Waals surface area contributed by atoms with Crippen LogP contribution >= 0.6 is 0 Å². The van der Waals surface area contributed by atoms with Crippen molar-refractivity contribution in [3.8, 4) is 0 Å². The number of rotatable bonds is 0. The van der Waals surface area contributed by atoms with Crippen LogP contribution in [0.5, 0.6) is 0 Å². The first kappa shape index (κ1) is 6.62. The smallest absolute Gasteiger partial charge is 0.0595 e. The van der Waals surface area contributed by atoms with Gasteiger partial charge in [-0.25, -0.2) is 0 Å². The van der Waals surface area contributed by atoms with Crippen molar-refractivity contribution in [3.05, 3.63) is 0 Å². The quantitative estimate of drug-likeness (QED) is 0.530. The highest BCUT2D eigenvalue weighted by Gasteiger charge is 2.37. The van der Waals surface area contributed by atoms with Gasteiger partial charge < -0.3 is 10.0 Å². The lowest BCUT2D eigenvalue weighted by Gasteiger charge is -2.46. The average Bonchev–Trinajstić information content (AvgIpc) is 1.91. The number of aliphatic hydroxyl groups excluding tert-OH is 1. The van der Waals surface area contributed by atoms with Gasteiger partial charge in [-0.15, -0.1) is 0 Å². The number of nitrogens with zero attached hydrogens (tertiary/aromatic N) is 1. The van der Waals surface area contributed by atoms with Crippen molar-refractivity contribution in [2.75, 3.05) is 13.6 Å². The molecule has 0 amide bonds. The predicted molar refractivity (Wildman–Crippen MR) is 39.8 cm³/mol. The number of aliphatic hydroxyl groups is 1. The summed E-state index contributed by atoms with van der Waals surface area (Å²) in [5.74, 6) is 0.579. The molecule has 1 N–H and O–H groups in total. The SMILES string of the molecule is CN1C[C@@H]2CC[C@@H]1C[C@@H]2O. The topological polar surface area (TPSA) is 23.5 Å². The number of hydrogen-bond acceptors (Lipinski definition) is 2. The number of hydrogen-bond donors (Lipinski definition) is 1. The van der Waals surface area contributed by atoms with Gasteiger partial charge in [-0.3, -0.25) is 0 Å². The van der Waals surface area contributed by atoms with Crippen LogP contribution in [0.3, 0.4) is 0 Å². The van der Waals surface area contributed by atoms with Crippen LogP contribution < -0.4 is 0 Å². The van der Waals surface area contributed by atoms with Crippen molar-refractivity contribution in [1.82, 2.24) is 4.90 Å². The molecule has 2 heteroatoms. The highest BCUT2D eigenvalue weighted by atomic mass is 16.3. The van der Waals surface area contributed by atoms with Gasteiger partial charge in [-0.2, -0.15) is 0 Å². The second-order valence-corrected chi connectivity index (χ2v) is 3.73. The van der Waals surface area contributed by atoms with Gasteiger partial charge in [0, 0.05) is 12.6 Å².